The van der Waals surface area contributed by atoms with Gasteiger partial charge in [0.1, 0.15) is 0 Å². The van der Waals surface area contributed by atoms with E-state index in [4.69, 9.17) is 17.1 Å². The summed E-state index contributed by atoms with van der Waals surface area (Å²) in [4.78, 5) is 2.68. The Balaban J connectivity index is 2.53. The molecular formula is C7H6ClN3Se. The molecule has 1 aromatic carbocycles. The van der Waals surface area contributed by atoms with Gasteiger partial charge in [-0.3, -0.25) is 0 Å². The fourth-order valence-corrected chi connectivity index (χ4v) is 2.02. The van der Waals surface area contributed by atoms with E-state index < -0.39 is 0 Å². The predicted octanol–water partition coefficient (Wildman–Crippen LogP) is 1.94. The second-order valence-corrected chi connectivity index (χ2v) is 4.53. The van der Waals surface area contributed by atoms with Gasteiger partial charge in [-0.25, -0.2) is 0 Å². The molecule has 0 amide bonds. The van der Waals surface area contributed by atoms with E-state index in [1.165, 1.54) is 4.46 Å². The van der Waals surface area contributed by atoms with Crippen molar-refractivity contribution in [2.75, 3.05) is 5.44 Å². The Morgan fingerprint density at radius 3 is 2.67 bits per heavy atom. The quantitative estimate of drug-likeness (QED) is 0.339. The van der Waals surface area contributed by atoms with Crippen molar-refractivity contribution in [2.45, 2.75) is 0 Å². The second-order valence-electron chi connectivity index (χ2n) is 1.96. The van der Waals surface area contributed by atoms with E-state index >= 15 is 0 Å². The zero-order chi connectivity index (χ0) is 8.81. The molecular weight excluding hydrogens is 241 g/mol. The van der Waals surface area contributed by atoms with Crippen LogP contribution in [-0.2, 0) is 0 Å². The van der Waals surface area contributed by atoms with Gasteiger partial charge in [0.05, 0.1) is 0 Å². The van der Waals surface area contributed by atoms with Crippen LogP contribution in [-0.4, -0.2) is 20.4 Å². The number of hydrogen-bond donors (Lipinski definition) is 0. The monoisotopic (exact) mass is 247 g/mol. The van der Waals surface area contributed by atoms with Gasteiger partial charge in [0.2, 0.25) is 0 Å². The molecule has 0 saturated heterocycles. The van der Waals surface area contributed by atoms with Crippen LogP contribution in [0.5, 0.6) is 0 Å². The number of nitrogens with zero attached hydrogens (tertiary/aromatic N) is 3. The molecule has 1 aromatic rings. The molecule has 0 aliphatic carbocycles. The van der Waals surface area contributed by atoms with Gasteiger partial charge < -0.3 is 0 Å². The Hall–Kier alpha value is -0.661. The summed E-state index contributed by atoms with van der Waals surface area (Å²) in [5.41, 5.74) is 8.60. The standard InChI is InChI=1S/C7H6ClN3Se/c8-6-1-3-7(4-2-6)12-5-10-11-9/h1-4H,5H2. The van der Waals surface area contributed by atoms with Gasteiger partial charge in [-0.1, -0.05) is 0 Å². The van der Waals surface area contributed by atoms with Gasteiger partial charge >= 0.3 is 81.3 Å². The van der Waals surface area contributed by atoms with E-state index in [9.17, 15) is 0 Å². The first kappa shape index (κ1) is 9.43. The van der Waals surface area contributed by atoms with Crippen molar-refractivity contribution in [1.29, 1.82) is 0 Å². The summed E-state index contributed by atoms with van der Waals surface area (Å²) in [5, 5.41) is 4.20. The van der Waals surface area contributed by atoms with Crippen LogP contribution in [0.15, 0.2) is 29.4 Å². The molecule has 0 fully saturated rings. The van der Waals surface area contributed by atoms with Gasteiger partial charge in [0, 0.05) is 0 Å². The fourth-order valence-electron chi connectivity index (χ4n) is 0.660. The summed E-state index contributed by atoms with van der Waals surface area (Å²) in [5.74, 6) is 0. The molecule has 12 heavy (non-hydrogen) atoms. The Morgan fingerprint density at radius 1 is 1.42 bits per heavy atom. The molecule has 0 N–H and O–H groups in total. The van der Waals surface area contributed by atoms with E-state index in [1.807, 2.05) is 24.3 Å². The van der Waals surface area contributed by atoms with Gasteiger partial charge in [0.25, 0.3) is 0 Å². The van der Waals surface area contributed by atoms with Crippen LogP contribution in [0.1, 0.15) is 0 Å². The normalized spacial score (nSPS) is 9.08. The van der Waals surface area contributed by atoms with E-state index in [0.717, 1.165) is 5.02 Å². The van der Waals surface area contributed by atoms with Crippen LogP contribution in [0, 0.1) is 0 Å². The molecule has 0 spiro atoms. The van der Waals surface area contributed by atoms with Gasteiger partial charge in [-0.15, -0.1) is 0 Å². The van der Waals surface area contributed by atoms with Crippen LogP contribution >= 0.6 is 11.6 Å². The van der Waals surface area contributed by atoms with E-state index in [0.29, 0.717) is 5.44 Å². The molecule has 0 heterocycles. The number of benzene rings is 1. The van der Waals surface area contributed by atoms with E-state index in [1.54, 1.807) is 0 Å². The summed E-state index contributed by atoms with van der Waals surface area (Å²) in [6.07, 6.45) is 0. The maximum atomic E-state index is 8.04. The van der Waals surface area contributed by atoms with Crippen molar-refractivity contribution in [3.8, 4) is 0 Å². The molecule has 0 aliphatic heterocycles. The topological polar surface area (TPSA) is 48.8 Å². The second kappa shape index (κ2) is 5.07. The molecule has 0 saturated carbocycles. The number of rotatable bonds is 3. The van der Waals surface area contributed by atoms with Crippen molar-refractivity contribution in [3.63, 3.8) is 0 Å². The molecule has 62 valence electrons. The zero-order valence-corrected chi connectivity index (χ0v) is 8.61. The minimum atomic E-state index is 0.233. The molecule has 0 aromatic heterocycles. The first-order valence-electron chi connectivity index (χ1n) is 3.22. The Labute approximate surface area is 81.5 Å². The molecule has 0 atom stereocenters. The van der Waals surface area contributed by atoms with Crippen molar-refractivity contribution in [3.05, 3.63) is 39.7 Å². The molecule has 3 nitrogen and oxygen atoms in total. The summed E-state index contributed by atoms with van der Waals surface area (Å²) in [7, 11) is 0. The van der Waals surface area contributed by atoms with E-state index in [-0.39, 0.29) is 15.0 Å². The average Bonchev–Trinajstić information content (AvgIpc) is 2.09. The predicted molar refractivity (Wildman–Crippen MR) is 50.9 cm³/mol. The summed E-state index contributed by atoms with van der Waals surface area (Å²) in [6, 6.07) is 7.59. The van der Waals surface area contributed by atoms with Crippen molar-refractivity contribution in [2.24, 2.45) is 5.11 Å². The number of halogens is 1. The molecule has 0 bridgehead atoms. The number of azide groups is 1. The van der Waals surface area contributed by atoms with Crippen molar-refractivity contribution in [1.82, 2.24) is 0 Å². The van der Waals surface area contributed by atoms with Crippen molar-refractivity contribution >= 4 is 31.0 Å². The fraction of sp³-hybridized carbons (Fsp3) is 0.143. The van der Waals surface area contributed by atoms with Crippen LogP contribution < -0.4 is 4.46 Å². The maximum absolute atomic E-state index is 8.04. The molecule has 1 rings (SSSR count). The summed E-state index contributed by atoms with van der Waals surface area (Å²) >= 11 is 5.93. The molecule has 0 aliphatic rings. The molecule has 0 radical (unpaired) electrons. The van der Waals surface area contributed by atoms with Crippen LogP contribution in [0.4, 0.5) is 0 Å². The van der Waals surface area contributed by atoms with Gasteiger partial charge in [-0.05, 0) is 0 Å². The first-order chi connectivity index (χ1) is 5.83. The zero-order valence-electron chi connectivity index (χ0n) is 6.14. The summed E-state index contributed by atoms with van der Waals surface area (Å²) < 4.78 is 1.19. The number of hydrogen-bond acceptors (Lipinski definition) is 1. The Bertz CT molecular complexity index is 292. The third-order valence-corrected chi connectivity index (χ3v) is 3.20. The van der Waals surface area contributed by atoms with E-state index in [2.05, 4.69) is 10.0 Å². The van der Waals surface area contributed by atoms with Crippen LogP contribution in [0.3, 0.4) is 0 Å². The van der Waals surface area contributed by atoms with Crippen LogP contribution in [0.25, 0.3) is 10.4 Å². The minimum absolute atomic E-state index is 0.233. The molecule has 5 heteroatoms. The average molecular weight is 247 g/mol. The van der Waals surface area contributed by atoms with Crippen molar-refractivity contribution < 1.29 is 0 Å². The van der Waals surface area contributed by atoms with Gasteiger partial charge in [-0.2, -0.15) is 0 Å². The third kappa shape index (κ3) is 3.16. The molecule has 0 unspecified atom stereocenters. The third-order valence-electron chi connectivity index (χ3n) is 1.17. The summed E-state index contributed by atoms with van der Waals surface area (Å²) in [6.45, 7) is 0. The van der Waals surface area contributed by atoms with Crippen LogP contribution in [0.2, 0.25) is 5.02 Å². The Kier molecular flexibility index (Phi) is 3.98. The SMILES string of the molecule is [N-]=[N+]=NC[Se]c1ccc(Cl)cc1. The van der Waals surface area contributed by atoms with Gasteiger partial charge in [0.15, 0.2) is 0 Å². The first-order valence-corrected chi connectivity index (χ1v) is 5.67. The Morgan fingerprint density at radius 2 is 2.08 bits per heavy atom.